The molecule has 1 saturated carbocycles. The summed E-state index contributed by atoms with van der Waals surface area (Å²) in [6.07, 6.45) is 11.1. The van der Waals surface area contributed by atoms with Gasteiger partial charge in [-0.15, -0.1) is 0 Å². The molecular formula is C55H66N2O14. The quantitative estimate of drug-likeness (QED) is 0.0555. The van der Waals surface area contributed by atoms with Crippen LogP contribution in [0.4, 0.5) is 0 Å². The molecule has 71 heavy (non-hydrogen) atoms. The van der Waals surface area contributed by atoms with E-state index in [2.05, 4.69) is 16.0 Å². The normalized spacial score (nSPS) is 31.1. The topological polar surface area (TPSA) is 238 Å². The van der Waals surface area contributed by atoms with Gasteiger partial charge in [0.1, 0.15) is 28.6 Å². The van der Waals surface area contributed by atoms with Crippen molar-refractivity contribution >= 4 is 34.5 Å². The monoisotopic (exact) mass is 978 g/mol. The number of esters is 1. The number of aromatic nitrogens is 1. The Morgan fingerprint density at radius 2 is 1.90 bits per heavy atom. The van der Waals surface area contributed by atoms with Gasteiger partial charge in [0.15, 0.2) is 11.9 Å². The van der Waals surface area contributed by atoms with Gasteiger partial charge in [0.05, 0.1) is 49.7 Å². The predicted molar refractivity (Wildman–Crippen MR) is 259 cm³/mol. The molecular weight excluding hydrogens is 913 g/mol. The number of nitrogens with zero attached hydrogens (tertiary/aromatic N) is 1. The predicted octanol–water partition coefficient (Wildman–Crippen LogP) is 4.01. The fourth-order valence-corrected chi connectivity index (χ4v) is 13.5. The number of aryl methyl sites for hydroxylation is 1. The maximum absolute atomic E-state index is 14.6. The molecule has 3 aliphatic carbocycles. The minimum Gasteiger partial charge on any atom is -0.492 e. The van der Waals surface area contributed by atoms with E-state index < -0.39 is 59.8 Å². The Hall–Kier alpha value is -5.17. The number of H-pyrrole nitrogens is 1. The molecule has 10 rings (SSSR count). The number of nitrogens with one attached hydrogen (secondary N) is 1. The number of methoxy groups -OCH3 is 1. The number of aliphatic hydroxyl groups excluding tert-OH is 5. The van der Waals surface area contributed by atoms with E-state index in [9.17, 15) is 45.0 Å². The molecule has 0 amide bonds. The number of fused-ring (bicyclic) bond motifs is 11. The summed E-state index contributed by atoms with van der Waals surface area (Å²) < 4.78 is 31.8. The fourth-order valence-electron chi connectivity index (χ4n) is 13.5. The average Bonchev–Trinajstić information content (AvgIpc) is 4.01. The van der Waals surface area contributed by atoms with Crippen LogP contribution in [0.25, 0.3) is 16.5 Å². The molecule has 16 nitrogen and oxygen atoms in total. The number of piperidine rings is 1. The largest absolute Gasteiger partial charge is 0.492 e. The molecule has 7 aliphatic rings. The fraction of sp³-hybridized carbons (Fsp3) is 0.545. The molecule has 380 valence electrons. The minimum absolute atomic E-state index is 0.00192. The Bertz CT molecular complexity index is 2720. The summed E-state index contributed by atoms with van der Waals surface area (Å²) in [5.74, 6) is -4.93. The third-order valence-electron chi connectivity index (χ3n) is 16.8. The van der Waals surface area contributed by atoms with Crippen molar-refractivity contribution in [2.24, 2.45) is 35.5 Å². The summed E-state index contributed by atoms with van der Waals surface area (Å²) in [6, 6.07) is 5.94. The summed E-state index contributed by atoms with van der Waals surface area (Å²) in [7, 11) is 1.68. The number of hydrogen-bond donors (Lipinski definition) is 7. The van der Waals surface area contributed by atoms with Gasteiger partial charge in [0.25, 0.3) is 0 Å². The van der Waals surface area contributed by atoms with Crippen molar-refractivity contribution in [2.45, 2.75) is 82.0 Å². The van der Waals surface area contributed by atoms with Crippen LogP contribution in [-0.4, -0.2) is 143 Å². The zero-order valence-corrected chi connectivity index (χ0v) is 40.5. The number of ether oxygens (including phenoxy) is 5. The summed E-state index contributed by atoms with van der Waals surface area (Å²) in [6.45, 7) is 2.34. The zero-order chi connectivity index (χ0) is 49.8. The number of aliphatic hydroxyl groups is 6. The van der Waals surface area contributed by atoms with Crippen molar-refractivity contribution in [2.75, 3.05) is 73.0 Å². The lowest BCUT2D eigenvalue weighted by molar-refractivity contribution is -0.201. The maximum Gasteiger partial charge on any atom is 0.375 e. The number of aromatic amines is 1. The van der Waals surface area contributed by atoms with Crippen LogP contribution in [0.2, 0.25) is 0 Å². The van der Waals surface area contributed by atoms with Crippen LogP contribution in [0, 0.1) is 35.5 Å². The zero-order valence-electron chi connectivity index (χ0n) is 40.5. The Kier molecular flexibility index (Phi) is 13.9. The van der Waals surface area contributed by atoms with Gasteiger partial charge >= 0.3 is 5.97 Å². The van der Waals surface area contributed by atoms with Crippen molar-refractivity contribution in [1.82, 2.24) is 9.88 Å². The average molecular weight is 979 g/mol. The van der Waals surface area contributed by atoms with E-state index in [1.807, 2.05) is 36.5 Å². The number of likely N-dealkylation sites (tertiary alicyclic amines) is 1. The first-order chi connectivity index (χ1) is 34.5. The molecule has 0 unspecified atom stereocenters. The SMILES string of the molecule is CCOC(=O)C1=C(C=O)/C2=C3\C[C@@H](CO)C(=O)[C@H](C3)c3cc4cc[nH]c4cc3CC[C@@H](CO)COc3c4c(c(CO)c(c32)O1)O[C@@]1(C=C[C@H](CCO)[C@@H]2C(CO)=C[C@@H]3CN(CCCOC)CC[C@H]3[C@]21O)C4. The highest BCUT2D eigenvalue weighted by Crippen LogP contribution is 2.64. The van der Waals surface area contributed by atoms with E-state index in [1.54, 1.807) is 14.0 Å². The first-order valence-corrected chi connectivity index (χ1v) is 25.3. The van der Waals surface area contributed by atoms with E-state index in [-0.39, 0.29) is 115 Å². The van der Waals surface area contributed by atoms with Gasteiger partial charge < -0.3 is 64.2 Å². The number of benzene rings is 2. The van der Waals surface area contributed by atoms with Crippen molar-refractivity contribution in [3.05, 3.63) is 92.9 Å². The minimum atomic E-state index is -1.69. The standard InChI is InChI=1S/C55H66N2O14/c1-3-68-53(65)52-41(27-62)45-34-17-37(26-61)48(64)39(20-34)38-19-33-8-12-56-44(33)21-32(38)6-5-30(24-59)29-69-50-40-22-54(71-49(40)42(28-63)51(70-52)46(45)50)11-7-31(10-15-58)47-36(25-60)18-35-23-57(13-4-16-67-2)14-9-43(35)55(47,54)66/h7-8,11-12,18-19,21,27,30-31,35,37,39,43,47,56,58-61,63,66H,3-6,9-10,13-17,20,22-26,28-29H2,1-2H3/b45-34-/t30-,31+,35+,37-,39+,43+,47+,54-,55-/m0/s1. The third kappa shape index (κ3) is 8.09. The van der Waals surface area contributed by atoms with Crippen molar-refractivity contribution in [3.8, 4) is 17.2 Å². The number of Topliss-reactive ketones (excluding diaryl/α,β-unsaturated/α-hetero) is 1. The second-order valence-corrected chi connectivity index (χ2v) is 20.5. The van der Waals surface area contributed by atoms with Gasteiger partial charge in [0.2, 0.25) is 5.76 Å². The Morgan fingerprint density at radius 1 is 1.06 bits per heavy atom. The number of aldehydes is 1. The number of carbonyl (C=O) groups is 3. The van der Waals surface area contributed by atoms with Crippen molar-refractivity contribution < 1.29 is 68.7 Å². The molecule has 1 saturated heterocycles. The molecule has 2 fully saturated rings. The second kappa shape index (κ2) is 20.0. The molecule has 9 atom stereocenters. The van der Waals surface area contributed by atoms with Gasteiger partial charge in [0, 0.05) is 98.9 Å². The van der Waals surface area contributed by atoms with Gasteiger partial charge in [-0.1, -0.05) is 17.7 Å². The van der Waals surface area contributed by atoms with Crippen LogP contribution >= 0.6 is 0 Å². The first-order valence-electron chi connectivity index (χ1n) is 25.3. The van der Waals surface area contributed by atoms with Crippen LogP contribution in [-0.2, 0) is 43.3 Å². The number of carbonyl (C=O) groups excluding carboxylic acids is 3. The highest BCUT2D eigenvalue weighted by molar-refractivity contribution is 6.11. The molecule has 0 radical (unpaired) electrons. The number of hydrogen-bond acceptors (Lipinski definition) is 15. The first kappa shape index (κ1) is 49.4. The van der Waals surface area contributed by atoms with E-state index in [1.165, 1.54) is 0 Å². The maximum atomic E-state index is 14.6. The summed E-state index contributed by atoms with van der Waals surface area (Å²) in [5, 5.41) is 70.2. The molecule has 4 aliphatic heterocycles. The Labute approximate surface area is 412 Å². The Balaban J connectivity index is 1.21. The highest BCUT2D eigenvalue weighted by atomic mass is 16.6. The molecule has 2 aromatic carbocycles. The van der Waals surface area contributed by atoms with Crippen LogP contribution in [0.15, 0.2) is 65.1 Å². The lowest BCUT2D eigenvalue weighted by atomic mass is 9.50. The molecule has 16 heteroatoms. The van der Waals surface area contributed by atoms with Crippen molar-refractivity contribution in [1.29, 1.82) is 0 Å². The highest BCUT2D eigenvalue weighted by Gasteiger charge is 2.68. The smallest absolute Gasteiger partial charge is 0.375 e. The molecule has 7 N–H and O–H groups in total. The second-order valence-electron chi connectivity index (χ2n) is 20.5. The Morgan fingerprint density at radius 3 is 2.63 bits per heavy atom. The van der Waals surface area contributed by atoms with E-state index in [0.717, 1.165) is 35.0 Å². The van der Waals surface area contributed by atoms with Crippen LogP contribution in [0.5, 0.6) is 17.2 Å². The lowest BCUT2D eigenvalue weighted by Gasteiger charge is -2.61. The van der Waals surface area contributed by atoms with Gasteiger partial charge in [-0.3, -0.25) is 9.59 Å². The molecule has 1 spiro atoms. The molecule has 3 aromatic rings. The lowest BCUT2D eigenvalue weighted by Crippen LogP contribution is -2.71. The molecule has 5 heterocycles. The van der Waals surface area contributed by atoms with Gasteiger partial charge in [-0.25, -0.2) is 4.79 Å². The van der Waals surface area contributed by atoms with Gasteiger partial charge in [-0.05, 0) is 117 Å². The van der Waals surface area contributed by atoms with Crippen LogP contribution in [0.1, 0.15) is 79.2 Å². The molecule has 2 bridgehead atoms. The van der Waals surface area contributed by atoms with E-state index in [4.69, 9.17) is 23.7 Å². The van der Waals surface area contributed by atoms with Gasteiger partial charge in [-0.2, -0.15) is 0 Å². The number of rotatable bonds is 13. The van der Waals surface area contributed by atoms with E-state index >= 15 is 0 Å². The third-order valence-corrected chi connectivity index (χ3v) is 16.8. The summed E-state index contributed by atoms with van der Waals surface area (Å²) in [5.41, 5.74) is 1.43. The van der Waals surface area contributed by atoms with Crippen LogP contribution in [0.3, 0.4) is 0 Å². The van der Waals surface area contributed by atoms with Crippen molar-refractivity contribution in [3.63, 3.8) is 0 Å². The summed E-state index contributed by atoms with van der Waals surface area (Å²) in [4.78, 5) is 48.1. The van der Waals surface area contributed by atoms with E-state index in [0.29, 0.717) is 68.4 Å². The molecule has 1 aromatic heterocycles. The van der Waals surface area contributed by atoms with Crippen LogP contribution < -0.4 is 14.2 Å². The summed E-state index contributed by atoms with van der Waals surface area (Å²) >= 11 is 0. The number of allylic oxidation sites excluding steroid dienone is 4. The number of ketones is 1.